The number of hydrogen-bond donors (Lipinski definition) is 1. The molecule has 2 atom stereocenters. The Morgan fingerprint density at radius 1 is 1.20 bits per heavy atom. The van der Waals surface area contributed by atoms with E-state index >= 15 is 0 Å². The molecule has 2 aliphatic rings. The molecule has 20 heavy (non-hydrogen) atoms. The second-order valence-corrected chi connectivity index (χ2v) is 6.93. The van der Waals surface area contributed by atoms with E-state index in [9.17, 15) is 0 Å². The second-order valence-electron chi connectivity index (χ2n) is 6.93. The lowest BCUT2D eigenvalue weighted by Crippen LogP contribution is -2.56. The molecule has 2 heteroatoms. The Kier molecular flexibility index (Phi) is 4.42. The van der Waals surface area contributed by atoms with E-state index in [-0.39, 0.29) is 0 Å². The van der Waals surface area contributed by atoms with Gasteiger partial charge in [-0.3, -0.25) is 4.90 Å². The van der Waals surface area contributed by atoms with E-state index in [0.717, 1.165) is 18.4 Å². The van der Waals surface area contributed by atoms with E-state index in [0.29, 0.717) is 12.1 Å². The van der Waals surface area contributed by atoms with Gasteiger partial charge in [-0.05, 0) is 30.2 Å². The summed E-state index contributed by atoms with van der Waals surface area (Å²) in [6.07, 6.45) is 4.35. The van der Waals surface area contributed by atoms with Gasteiger partial charge in [-0.15, -0.1) is 0 Å². The zero-order valence-corrected chi connectivity index (χ0v) is 12.9. The summed E-state index contributed by atoms with van der Waals surface area (Å²) in [7, 11) is 0. The van der Waals surface area contributed by atoms with Crippen LogP contribution in [0.5, 0.6) is 0 Å². The van der Waals surface area contributed by atoms with E-state index in [1.54, 1.807) is 0 Å². The van der Waals surface area contributed by atoms with Crippen molar-refractivity contribution in [1.29, 1.82) is 0 Å². The Morgan fingerprint density at radius 2 is 1.95 bits per heavy atom. The molecule has 0 spiro atoms. The molecule has 2 nitrogen and oxygen atoms in total. The molecule has 0 bridgehead atoms. The molecule has 2 unspecified atom stereocenters. The molecule has 1 aromatic rings. The average molecular weight is 272 g/mol. The minimum Gasteiger partial charge on any atom is -0.307 e. The first-order valence-corrected chi connectivity index (χ1v) is 8.26. The lowest BCUT2D eigenvalue weighted by molar-refractivity contribution is 0.0650. The Bertz CT molecular complexity index is 411. The third kappa shape index (κ3) is 3.07. The van der Waals surface area contributed by atoms with Crippen LogP contribution in [0.15, 0.2) is 30.3 Å². The van der Waals surface area contributed by atoms with Gasteiger partial charge in [0.1, 0.15) is 0 Å². The van der Waals surface area contributed by atoms with E-state index in [1.807, 2.05) is 0 Å². The van der Waals surface area contributed by atoms with Crippen molar-refractivity contribution >= 4 is 0 Å². The minimum atomic E-state index is 0.506. The zero-order valence-electron chi connectivity index (χ0n) is 12.9. The van der Waals surface area contributed by atoms with Gasteiger partial charge in [0.05, 0.1) is 0 Å². The smallest absolute Gasteiger partial charge is 0.0449 e. The highest BCUT2D eigenvalue weighted by atomic mass is 15.2. The third-order valence-corrected chi connectivity index (χ3v) is 5.15. The second kappa shape index (κ2) is 6.28. The van der Waals surface area contributed by atoms with Crippen molar-refractivity contribution in [2.45, 2.75) is 45.2 Å². The first kappa shape index (κ1) is 14.1. The summed E-state index contributed by atoms with van der Waals surface area (Å²) in [4.78, 5) is 2.77. The normalized spacial score (nSPS) is 28.6. The van der Waals surface area contributed by atoms with Crippen LogP contribution in [0, 0.1) is 11.8 Å². The maximum atomic E-state index is 3.76. The molecule has 1 saturated heterocycles. The summed E-state index contributed by atoms with van der Waals surface area (Å²) in [5, 5.41) is 3.76. The van der Waals surface area contributed by atoms with E-state index in [1.165, 1.54) is 37.9 Å². The van der Waals surface area contributed by atoms with Crippen molar-refractivity contribution in [2.75, 3.05) is 19.6 Å². The first-order chi connectivity index (χ1) is 9.74. The molecule has 1 saturated carbocycles. The van der Waals surface area contributed by atoms with Gasteiger partial charge >= 0.3 is 0 Å². The van der Waals surface area contributed by atoms with Crippen molar-refractivity contribution < 1.29 is 0 Å². The predicted molar refractivity (Wildman–Crippen MR) is 84.7 cm³/mol. The number of nitrogens with zero attached hydrogens (tertiary/aromatic N) is 1. The Morgan fingerprint density at radius 3 is 2.55 bits per heavy atom. The monoisotopic (exact) mass is 272 g/mol. The van der Waals surface area contributed by atoms with Gasteiger partial charge < -0.3 is 5.32 Å². The molecule has 1 aliphatic heterocycles. The highest BCUT2D eigenvalue weighted by Crippen LogP contribution is 2.31. The van der Waals surface area contributed by atoms with Crippen molar-refractivity contribution in [3.8, 4) is 0 Å². The van der Waals surface area contributed by atoms with Gasteiger partial charge in [0.2, 0.25) is 0 Å². The van der Waals surface area contributed by atoms with Crippen molar-refractivity contribution in [3.63, 3.8) is 0 Å². The molecule has 1 aliphatic carbocycles. The molecule has 0 aromatic heterocycles. The van der Waals surface area contributed by atoms with Crippen LogP contribution in [-0.4, -0.2) is 30.6 Å². The van der Waals surface area contributed by atoms with Gasteiger partial charge in [-0.1, -0.05) is 50.6 Å². The van der Waals surface area contributed by atoms with Crippen LogP contribution in [-0.2, 0) is 0 Å². The molecule has 2 fully saturated rings. The summed E-state index contributed by atoms with van der Waals surface area (Å²) in [5.41, 5.74) is 1.44. The van der Waals surface area contributed by atoms with Crippen LogP contribution in [0.2, 0.25) is 0 Å². The SMILES string of the molecule is CC(C)C1CNC(c2ccccc2)CN1CC1CCC1. The van der Waals surface area contributed by atoms with Gasteiger partial charge in [-0.2, -0.15) is 0 Å². The summed E-state index contributed by atoms with van der Waals surface area (Å²) >= 11 is 0. The van der Waals surface area contributed by atoms with Crippen LogP contribution in [0.3, 0.4) is 0 Å². The van der Waals surface area contributed by atoms with Crippen LogP contribution < -0.4 is 5.32 Å². The minimum absolute atomic E-state index is 0.506. The van der Waals surface area contributed by atoms with Crippen molar-refractivity contribution in [2.24, 2.45) is 11.8 Å². The summed E-state index contributed by atoms with van der Waals surface area (Å²) < 4.78 is 0. The third-order valence-electron chi connectivity index (χ3n) is 5.15. The van der Waals surface area contributed by atoms with Crippen molar-refractivity contribution in [3.05, 3.63) is 35.9 Å². The van der Waals surface area contributed by atoms with Crippen LogP contribution >= 0.6 is 0 Å². The quantitative estimate of drug-likeness (QED) is 0.903. The maximum absolute atomic E-state index is 3.76. The Hall–Kier alpha value is -0.860. The molecule has 110 valence electrons. The van der Waals surface area contributed by atoms with Crippen LogP contribution in [0.25, 0.3) is 0 Å². The number of nitrogens with one attached hydrogen (secondary N) is 1. The molecule has 3 rings (SSSR count). The van der Waals surface area contributed by atoms with Crippen molar-refractivity contribution in [1.82, 2.24) is 10.2 Å². The summed E-state index contributed by atoms with van der Waals surface area (Å²) in [5.74, 6) is 1.70. The van der Waals surface area contributed by atoms with E-state index < -0.39 is 0 Å². The fraction of sp³-hybridized carbons (Fsp3) is 0.667. The number of benzene rings is 1. The van der Waals surface area contributed by atoms with E-state index in [2.05, 4.69) is 54.4 Å². The molecule has 1 N–H and O–H groups in total. The lowest BCUT2D eigenvalue weighted by Gasteiger charge is -2.45. The highest BCUT2D eigenvalue weighted by Gasteiger charge is 2.32. The fourth-order valence-corrected chi connectivity index (χ4v) is 3.61. The van der Waals surface area contributed by atoms with Crippen LogP contribution in [0.1, 0.15) is 44.7 Å². The van der Waals surface area contributed by atoms with Crippen LogP contribution in [0.4, 0.5) is 0 Å². The molecule has 1 aromatic carbocycles. The Labute approximate surface area is 123 Å². The van der Waals surface area contributed by atoms with Gasteiger partial charge in [0.15, 0.2) is 0 Å². The molecular weight excluding hydrogens is 244 g/mol. The number of piperazine rings is 1. The molecule has 0 amide bonds. The van der Waals surface area contributed by atoms with Gasteiger partial charge in [-0.25, -0.2) is 0 Å². The zero-order chi connectivity index (χ0) is 13.9. The number of rotatable bonds is 4. The number of hydrogen-bond acceptors (Lipinski definition) is 2. The summed E-state index contributed by atoms with van der Waals surface area (Å²) in [6.45, 7) is 8.34. The van der Waals surface area contributed by atoms with Gasteiger partial charge in [0.25, 0.3) is 0 Å². The lowest BCUT2D eigenvalue weighted by atomic mass is 9.83. The standard InChI is InChI=1S/C18H28N2/c1-14(2)18-11-19-17(16-9-4-3-5-10-16)13-20(18)12-15-7-6-8-15/h3-5,9-10,14-15,17-19H,6-8,11-13H2,1-2H3. The average Bonchev–Trinajstić information content (AvgIpc) is 2.43. The predicted octanol–water partition coefficient (Wildman–Crippen LogP) is 3.46. The Balaban J connectivity index is 1.68. The molecular formula is C18H28N2. The van der Waals surface area contributed by atoms with Gasteiger partial charge in [0, 0.05) is 31.7 Å². The molecule has 1 heterocycles. The van der Waals surface area contributed by atoms with E-state index in [4.69, 9.17) is 0 Å². The maximum Gasteiger partial charge on any atom is 0.0449 e. The fourth-order valence-electron chi connectivity index (χ4n) is 3.61. The highest BCUT2D eigenvalue weighted by molar-refractivity contribution is 5.20. The first-order valence-electron chi connectivity index (χ1n) is 8.26. The summed E-state index contributed by atoms with van der Waals surface area (Å²) in [6, 6.07) is 12.1. The largest absolute Gasteiger partial charge is 0.307 e. The topological polar surface area (TPSA) is 15.3 Å². The molecule has 0 radical (unpaired) electrons.